The van der Waals surface area contributed by atoms with Crippen LogP contribution in [0.15, 0.2) is 0 Å². The van der Waals surface area contributed by atoms with Crippen molar-refractivity contribution in [2.45, 2.75) is 27.3 Å². The van der Waals surface area contributed by atoms with Crippen LogP contribution in [0.1, 0.15) is 37.2 Å². The van der Waals surface area contributed by atoms with Crippen molar-refractivity contribution in [3.63, 3.8) is 0 Å². The minimum atomic E-state index is -0.492. The van der Waals surface area contributed by atoms with E-state index < -0.39 is 5.97 Å². The van der Waals surface area contributed by atoms with Crippen LogP contribution in [0.2, 0.25) is 0 Å². The van der Waals surface area contributed by atoms with Crippen LogP contribution < -0.4 is 5.32 Å². The molecule has 1 rings (SSSR count). The van der Waals surface area contributed by atoms with Gasteiger partial charge >= 0.3 is 5.97 Å². The van der Waals surface area contributed by atoms with Crippen LogP contribution in [0, 0.1) is 5.92 Å². The lowest BCUT2D eigenvalue weighted by atomic mass is 10.2. The summed E-state index contributed by atoms with van der Waals surface area (Å²) >= 11 is 0. The lowest BCUT2D eigenvalue weighted by Gasteiger charge is -2.04. The van der Waals surface area contributed by atoms with Gasteiger partial charge in [0.15, 0.2) is 0 Å². The van der Waals surface area contributed by atoms with Crippen LogP contribution in [0.5, 0.6) is 0 Å². The second-order valence-corrected chi connectivity index (χ2v) is 3.85. The fourth-order valence-electron chi connectivity index (χ4n) is 1.14. The summed E-state index contributed by atoms with van der Waals surface area (Å²) < 4.78 is 4.78. The molecule has 0 aliphatic rings. The minimum absolute atomic E-state index is 0.0863. The van der Waals surface area contributed by atoms with Crippen LogP contribution in [0.4, 0.5) is 0 Å². The minimum Gasteiger partial charge on any atom is -0.460 e. The molecule has 90 valence electrons. The van der Waals surface area contributed by atoms with E-state index in [-0.39, 0.29) is 5.82 Å². The number of H-pyrrole nitrogens is 1. The highest BCUT2D eigenvalue weighted by Crippen LogP contribution is 1.96. The largest absolute Gasteiger partial charge is 0.460 e. The highest BCUT2D eigenvalue weighted by Gasteiger charge is 2.12. The second kappa shape index (κ2) is 6.22. The fourth-order valence-corrected chi connectivity index (χ4v) is 1.14. The van der Waals surface area contributed by atoms with E-state index in [4.69, 9.17) is 4.74 Å². The van der Waals surface area contributed by atoms with Gasteiger partial charge in [0.1, 0.15) is 5.82 Å². The molecule has 1 heterocycles. The van der Waals surface area contributed by atoms with E-state index in [2.05, 4.69) is 34.3 Å². The summed E-state index contributed by atoms with van der Waals surface area (Å²) in [6, 6.07) is 0. The zero-order valence-corrected chi connectivity index (χ0v) is 9.91. The number of esters is 1. The molecule has 16 heavy (non-hydrogen) atoms. The number of carbonyl (C=O) groups is 1. The quantitative estimate of drug-likeness (QED) is 0.699. The van der Waals surface area contributed by atoms with Crippen molar-refractivity contribution >= 4 is 5.97 Å². The Kier molecular flexibility index (Phi) is 4.91. The number of nitrogens with one attached hydrogen (secondary N) is 2. The Hall–Kier alpha value is -1.43. The third-order valence-corrected chi connectivity index (χ3v) is 1.83. The van der Waals surface area contributed by atoms with Crippen molar-refractivity contribution in [1.82, 2.24) is 20.5 Å². The lowest BCUT2D eigenvalue weighted by molar-refractivity contribution is 0.0512. The van der Waals surface area contributed by atoms with Crippen molar-refractivity contribution in [3.05, 3.63) is 11.6 Å². The van der Waals surface area contributed by atoms with Gasteiger partial charge in [-0.25, -0.2) is 9.78 Å². The topological polar surface area (TPSA) is 79.9 Å². The van der Waals surface area contributed by atoms with E-state index >= 15 is 0 Å². The molecule has 0 bridgehead atoms. The lowest BCUT2D eigenvalue weighted by Crippen LogP contribution is -2.19. The molecule has 0 saturated carbocycles. The summed E-state index contributed by atoms with van der Waals surface area (Å²) in [4.78, 5) is 15.3. The maximum Gasteiger partial charge on any atom is 0.378 e. The predicted octanol–water partition coefficient (Wildman–Crippen LogP) is 0.727. The first-order valence-corrected chi connectivity index (χ1v) is 5.42. The van der Waals surface area contributed by atoms with Gasteiger partial charge in [0.05, 0.1) is 13.2 Å². The second-order valence-electron chi connectivity index (χ2n) is 3.85. The van der Waals surface area contributed by atoms with E-state index in [9.17, 15) is 4.79 Å². The Balaban J connectivity index is 2.42. The van der Waals surface area contributed by atoms with Crippen LogP contribution >= 0.6 is 0 Å². The summed E-state index contributed by atoms with van der Waals surface area (Å²) in [6.07, 6.45) is 0. The molecule has 2 N–H and O–H groups in total. The Morgan fingerprint density at radius 1 is 1.56 bits per heavy atom. The van der Waals surface area contributed by atoms with Crippen LogP contribution in [-0.4, -0.2) is 34.3 Å². The zero-order valence-electron chi connectivity index (χ0n) is 9.91. The Morgan fingerprint density at radius 3 is 2.94 bits per heavy atom. The summed E-state index contributed by atoms with van der Waals surface area (Å²) in [7, 11) is 0. The van der Waals surface area contributed by atoms with Gasteiger partial charge in [-0.3, -0.25) is 5.10 Å². The molecule has 0 unspecified atom stereocenters. The van der Waals surface area contributed by atoms with Gasteiger partial charge in [-0.1, -0.05) is 13.8 Å². The van der Waals surface area contributed by atoms with Gasteiger partial charge in [-0.15, -0.1) is 5.10 Å². The molecule has 0 fully saturated rings. The number of rotatable bonds is 6. The molecule has 0 aromatic carbocycles. The zero-order chi connectivity index (χ0) is 12.0. The van der Waals surface area contributed by atoms with E-state index in [0.717, 1.165) is 6.54 Å². The van der Waals surface area contributed by atoms with E-state index in [1.807, 2.05) is 0 Å². The first-order chi connectivity index (χ1) is 7.63. The third-order valence-electron chi connectivity index (χ3n) is 1.83. The van der Waals surface area contributed by atoms with Crippen molar-refractivity contribution in [2.24, 2.45) is 5.92 Å². The van der Waals surface area contributed by atoms with Crippen LogP contribution in [0.3, 0.4) is 0 Å². The predicted molar refractivity (Wildman–Crippen MR) is 58.9 cm³/mol. The number of nitrogens with zero attached hydrogens (tertiary/aromatic N) is 2. The van der Waals surface area contributed by atoms with Gasteiger partial charge in [0, 0.05) is 0 Å². The number of carbonyl (C=O) groups excluding carboxylic acids is 1. The molecule has 0 saturated heterocycles. The van der Waals surface area contributed by atoms with Gasteiger partial charge in [-0.2, -0.15) is 0 Å². The number of aromatic amines is 1. The first-order valence-electron chi connectivity index (χ1n) is 5.42. The van der Waals surface area contributed by atoms with Gasteiger partial charge in [0.2, 0.25) is 0 Å². The number of hydrogen-bond acceptors (Lipinski definition) is 5. The smallest absolute Gasteiger partial charge is 0.378 e. The molecule has 0 aliphatic heterocycles. The maximum atomic E-state index is 11.3. The van der Waals surface area contributed by atoms with Crippen molar-refractivity contribution in [2.75, 3.05) is 13.2 Å². The summed E-state index contributed by atoms with van der Waals surface area (Å²) in [5, 5.41) is 9.68. The van der Waals surface area contributed by atoms with Gasteiger partial charge < -0.3 is 10.1 Å². The molecule has 0 amide bonds. The molecule has 0 spiro atoms. The molecule has 0 aliphatic carbocycles. The first kappa shape index (κ1) is 12.6. The Morgan fingerprint density at radius 2 is 2.31 bits per heavy atom. The van der Waals surface area contributed by atoms with E-state index in [0.29, 0.717) is 24.9 Å². The molecule has 0 radical (unpaired) electrons. The van der Waals surface area contributed by atoms with Gasteiger partial charge in [-0.05, 0) is 19.4 Å². The Bertz CT molecular complexity index is 335. The molecular formula is C10H18N4O2. The molecule has 0 atom stereocenters. The standard InChI is InChI=1S/C10H18N4O2/c1-4-16-10(15)9-12-8(13-14-9)6-11-5-7(2)3/h7,11H,4-6H2,1-3H3,(H,12,13,14). The van der Waals surface area contributed by atoms with Crippen LogP contribution in [-0.2, 0) is 11.3 Å². The van der Waals surface area contributed by atoms with E-state index in [1.165, 1.54) is 0 Å². The summed E-state index contributed by atoms with van der Waals surface area (Å²) in [5.41, 5.74) is 0. The highest BCUT2D eigenvalue weighted by molar-refractivity contribution is 5.84. The molecule has 6 heteroatoms. The highest BCUT2D eigenvalue weighted by atomic mass is 16.5. The molecule has 1 aromatic rings. The fraction of sp³-hybridized carbons (Fsp3) is 0.700. The van der Waals surface area contributed by atoms with Gasteiger partial charge in [0.25, 0.3) is 5.82 Å². The van der Waals surface area contributed by atoms with E-state index in [1.54, 1.807) is 6.92 Å². The van der Waals surface area contributed by atoms with Crippen molar-refractivity contribution in [1.29, 1.82) is 0 Å². The Labute approximate surface area is 94.8 Å². The summed E-state index contributed by atoms with van der Waals surface area (Å²) in [6.45, 7) is 7.79. The monoisotopic (exact) mass is 226 g/mol. The molecule has 1 aromatic heterocycles. The maximum absolute atomic E-state index is 11.3. The average molecular weight is 226 g/mol. The average Bonchev–Trinajstić information content (AvgIpc) is 2.66. The van der Waals surface area contributed by atoms with Crippen molar-refractivity contribution < 1.29 is 9.53 Å². The molecule has 6 nitrogen and oxygen atoms in total. The number of ether oxygens (including phenoxy) is 1. The summed E-state index contributed by atoms with van der Waals surface area (Å²) in [5.74, 6) is 0.813. The van der Waals surface area contributed by atoms with Crippen LogP contribution in [0.25, 0.3) is 0 Å². The molecular weight excluding hydrogens is 208 g/mol. The normalized spacial score (nSPS) is 10.8. The number of hydrogen-bond donors (Lipinski definition) is 2. The number of aromatic nitrogens is 3. The third kappa shape index (κ3) is 3.98. The SMILES string of the molecule is CCOC(=O)c1n[nH]c(CNCC(C)C)n1. The van der Waals surface area contributed by atoms with Crippen molar-refractivity contribution in [3.8, 4) is 0 Å².